The van der Waals surface area contributed by atoms with Gasteiger partial charge < -0.3 is 4.74 Å². The third-order valence-corrected chi connectivity index (χ3v) is 2.65. The number of nitrogens with zero attached hydrogens (tertiary/aromatic N) is 2. The molecule has 0 aliphatic carbocycles. The second-order valence-corrected chi connectivity index (χ2v) is 3.81. The summed E-state index contributed by atoms with van der Waals surface area (Å²) in [6.07, 6.45) is 0. The van der Waals surface area contributed by atoms with Gasteiger partial charge in [0.1, 0.15) is 0 Å². The summed E-state index contributed by atoms with van der Waals surface area (Å²) in [4.78, 5) is 37.4. The molecule has 1 aliphatic rings. The largest absolute Gasteiger partial charge is 0.379 e. The van der Waals surface area contributed by atoms with Gasteiger partial charge >= 0.3 is 16.8 Å². The Kier molecular flexibility index (Phi) is 3.55. The summed E-state index contributed by atoms with van der Waals surface area (Å²) in [5, 5.41) is 2.23. The maximum atomic E-state index is 11.4. The van der Waals surface area contributed by atoms with Gasteiger partial charge in [0.15, 0.2) is 0 Å². The number of ether oxygens (including phenoxy) is 1. The smallest absolute Gasteiger partial charge is 0.343 e. The maximum absolute atomic E-state index is 11.4. The van der Waals surface area contributed by atoms with Gasteiger partial charge in [-0.25, -0.2) is 9.48 Å². The van der Waals surface area contributed by atoms with Crippen molar-refractivity contribution in [1.29, 1.82) is 0 Å². The van der Waals surface area contributed by atoms with Crippen LogP contribution in [0.2, 0.25) is 0 Å². The molecule has 8 nitrogen and oxygen atoms in total. The van der Waals surface area contributed by atoms with Crippen molar-refractivity contribution in [3.05, 3.63) is 31.2 Å². The van der Waals surface area contributed by atoms with Crippen molar-refractivity contribution >= 4 is 0 Å². The molecule has 0 spiro atoms. The third kappa shape index (κ3) is 2.92. The third-order valence-electron chi connectivity index (χ3n) is 2.65. The first-order valence-corrected chi connectivity index (χ1v) is 5.40. The Hall–Kier alpha value is -1.67. The quantitative estimate of drug-likeness (QED) is 0.573. The molecule has 17 heavy (non-hydrogen) atoms. The Labute approximate surface area is 95.8 Å². The second kappa shape index (κ2) is 5.11. The fraction of sp³-hybridized carbons (Fsp3) is 0.667. The number of hydrogen-bond acceptors (Lipinski definition) is 5. The molecule has 2 rings (SSSR count). The molecular weight excluding hydrogens is 228 g/mol. The van der Waals surface area contributed by atoms with Gasteiger partial charge in [-0.2, -0.15) is 0 Å². The standard InChI is InChI=1S/C9H14N4O4/c14-7-8(15)11-13(9(16)10-7)2-1-12-3-5-17-6-4-12/h1-6H2,(H,11,15)(H,10,14,16). The van der Waals surface area contributed by atoms with E-state index < -0.39 is 16.8 Å². The number of aromatic nitrogens is 3. The summed E-state index contributed by atoms with van der Waals surface area (Å²) in [5.41, 5.74) is -2.33. The van der Waals surface area contributed by atoms with Gasteiger partial charge in [-0.1, -0.05) is 0 Å². The van der Waals surface area contributed by atoms with Gasteiger partial charge in [0, 0.05) is 19.6 Å². The molecule has 0 atom stereocenters. The highest BCUT2D eigenvalue weighted by molar-refractivity contribution is 4.72. The molecule has 2 N–H and O–H groups in total. The lowest BCUT2D eigenvalue weighted by molar-refractivity contribution is 0.0357. The van der Waals surface area contributed by atoms with E-state index in [1.54, 1.807) is 0 Å². The lowest BCUT2D eigenvalue weighted by Crippen LogP contribution is -2.45. The van der Waals surface area contributed by atoms with Crippen molar-refractivity contribution in [2.45, 2.75) is 6.54 Å². The molecule has 0 bridgehead atoms. The first-order chi connectivity index (χ1) is 8.16. The van der Waals surface area contributed by atoms with E-state index >= 15 is 0 Å². The van der Waals surface area contributed by atoms with E-state index in [9.17, 15) is 14.4 Å². The molecule has 0 unspecified atom stereocenters. The molecule has 1 fully saturated rings. The van der Waals surface area contributed by atoms with E-state index in [2.05, 4.69) is 10.00 Å². The average molecular weight is 242 g/mol. The van der Waals surface area contributed by atoms with E-state index in [4.69, 9.17) is 4.74 Å². The van der Waals surface area contributed by atoms with Crippen LogP contribution in [0.3, 0.4) is 0 Å². The molecule has 0 aromatic carbocycles. The van der Waals surface area contributed by atoms with E-state index in [1.165, 1.54) is 0 Å². The number of hydrogen-bond donors (Lipinski definition) is 2. The highest BCUT2D eigenvalue weighted by Crippen LogP contribution is 1.95. The van der Waals surface area contributed by atoms with Crippen LogP contribution < -0.4 is 16.8 Å². The molecule has 1 saturated heterocycles. The SMILES string of the molecule is O=c1[nH]c(=O)n(CCN2CCOCC2)[nH]c1=O. The van der Waals surface area contributed by atoms with Crippen molar-refractivity contribution in [3.8, 4) is 0 Å². The van der Waals surface area contributed by atoms with Crippen LogP contribution in [-0.4, -0.2) is 52.5 Å². The van der Waals surface area contributed by atoms with Crippen LogP contribution in [-0.2, 0) is 11.3 Å². The number of rotatable bonds is 3. The fourth-order valence-corrected chi connectivity index (χ4v) is 1.67. The first-order valence-electron chi connectivity index (χ1n) is 5.40. The summed E-state index contributed by atoms with van der Waals surface area (Å²) >= 11 is 0. The molecule has 0 radical (unpaired) electrons. The first kappa shape index (κ1) is 11.8. The molecule has 0 saturated carbocycles. The van der Waals surface area contributed by atoms with Crippen LogP contribution in [0, 0.1) is 0 Å². The second-order valence-electron chi connectivity index (χ2n) is 3.81. The monoisotopic (exact) mass is 242 g/mol. The summed E-state index contributed by atoms with van der Waals surface area (Å²) in [6.45, 7) is 3.94. The highest BCUT2D eigenvalue weighted by Gasteiger charge is 2.10. The maximum Gasteiger partial charge on any atom is 0.343 e. The van der Waals surface area contributed by atoms with Crippen molar-refractivity contribution in [3.63, 3.8) is 0 Å². The molecule has 1 aromatic rings. The minimum absolute atomic E-state index is 0.338. The highest BCUT2D eigenvalue weighted by atomic mass is 16.5. The van der Waals surface area contributed by atoms with E-state index in [0.29, 0.717) is 26.3 Å². The van der Waals surface area contributed by atoms with Crippen molar-refractivity contribution in [1.82, 2.24) is 19.7 Å². The van der Waals surface area contributed by atoms with Gasteiger partial charge in [0.05, 0.1) is 19.8 Å². The van der Waals surface area contributed by atoms with Gasteiger partial charge in [-0.05, 0) is 0 Å². The predicted molar refractivity (Wildman–Crippen MR) is 59.2 cm³/mol. The van der Waals surface area contributed by atoms with Crippen LogP contribution in [0.15, 0.2) is 14.4 Å². The Balaban J connectivity index is 2.03. The van der Waals surface area contributed by atoms with Crippen LogP contribution in [0.25, 0.3) is 0 Å². The van der Waals surface area contributed by atoms with Gasteiger partial charge in [-0.15, -0.1) is 0 Å². The molecular formula is C9H14N4O4. The topological polar surface area (TPSA) is 100 Å². The molecule has 8 heteroatoms. The van der Waals surface area contributed by atoms with Crippen molar-refractivity contribution in [2.75, 3.05) is 32.8 Å². The van der Waals surface area contributed by atoms with E-state index in [-0.39, 0.29) is 0 Å². The van der Waals surface area contributed by atoms with Crippen LogP contribution in [0.4, 0.5) is 0 Å². The number of morpholine rings is 1. The van der Waals surface area contributed by atoms with Crippen LogP contribution in [0.5, 0.6) is 0 Å². The summed E-state index contributed by atoms with van der Waals surface area (Å²) in [7, 11) is 0. The predicted octanol–water partition coefficient (Wildman–Crippen LogP) is -2.44. The fourth-order valence-electron chi connectivity index (χ4n) is 1.67. The summed E-state index contributed by atoms with van der Waals surface area (Å²) in [5.74, 6) is 0. The van der Waals surface area contributed by atoms with Crippen molar-refractivity contribution < 1.29 is 4.74 Å². The van der Waals surface area contributed by atoms with Crippen LogP contribution >= 0.6 is 0 Å². The average Bonchev–Trinajstić information content (AvgIpc) is 2.33. The van der Waals surface area contributed by atoms with Gasteiger partial charge in [-0.3, -0.25) is 24.6 Å². The summed E-state index contributed by atoms with van der Waals surface area (Å²) in [6, 6.07) is 0. The van der Waals surface area contributed by atoms with Crippen molar-refractivity contribution in [2.24, 2.45) is 0 Å². The Bertz CT molecular complexity index is 537. The summed E-state index contributed by atoms with van der Waals surface area (Å²) < 4.78 is 6.31. The molecule has 1 aliphatic heterocycles. The lowest BCUT2D eigenvalue weighted by Gasteiger charge is -2.26. The number of H-pyrrole nitrogens is 2. The minimum atomic E-state index is -0.919. The Morgan fingerprint density at radius 3 is 2.47 bits per heavy atom. The zero-order valence-corrected chi connectivity index (χ0v) is 9.27. The van der Waals surface area contributed by atoms with E-state index in [0.717, 1.165) is 17.8 Å². The zero-order valence-electron chi connectivity index (χ0n) is 9.27. The number of aromatic amines is 2. The minimum Gasteiger partial charge on any atom is -0.379 e. The molecule has 0 amide bonds. The van der Waals surface area contributed by atoms with E-state index in [1.807, 2.05) is 4.98 Å². The molecule has 2 heterocycles. The molecule has 1 aromatic heterocycles. The number of nitrogens with one attached hydrogen (secondary N) is 2. The Morgan fingerprint density at radius 1 is 1.06 bits per heavy atom. The van der Waals surface area contributed by atoms with Crippen LogP contribution in [0.1, 0.15) is 0 Å². The zero-order chi connectivity index (χ0) is 12.3. The Morgan fingerprint density at radius 2 is 1.76 bits per heavy atom. The normalized spacial score (nSPS) is 17.2. The van der Waals surface area contributed by atoms with Gasteiger partial charge in [0.25, 0.3) is 0 Å². The van der Waals surface area contributed by atoms with Gasteiger partial charge in [0.2, 0.25) is 0 Å². The molecule has 94 valence electrons. The lowest BCUT2D eigenvalue weighted by atomic mass is 10.4.